The molecule has 0 aliphatic carbocycles. The van der Waals surface area contributed by atoms with Crippen LogP contribution in [0.1, 0.15) is 24.4 Å². The van der Waals surface area contributed by atoms with Gasteiger partial charge < -0.3 is 15.5 Å². The van der Waals surface area contributed by atoms with Gasteiger partial charge in [-0.1, -0.05) is 42.5 Å². The Kier molecular flexibility index (Phi) is 5.77. The van der Waals surface area contributed by atoms with Crippen LogP contribution in [0.4, 0.5) is 10.1 Å². The predicted octanol–water partition coefficient (Wildman–Crippen LogP) is 2.53. The van der Waals surface area contributed by atoms with Crippen LogP contribution in [0.3, 0.4) is 0 Å². The Hall–Kier alpha value is -1.98. The normalized spacial score (nSPS) is 15.9. The molecule has 1 heterocycles. The minimum atomic E-state index is -0.300. The van der Waals surface area contributed by atoms with Crippen LogP contribution in [0.15, 0.2) is 54.6 Å². The molecule has 1 aliphatic rings. The summed E-state index contributed by atoms with van der Waals surface area (Å²) in [7, 11) is 0. The van der Waals surface area contributed by atoms with Crippen molar-refractivity contribution in [3.8, 4) is 0 Å². The fourth-order valence-corrected chi connectivity index (χ4v) is 3.48. The second kappa shape index (κ2) is 8.22. The maximum Gasteiger partial charge on any atom is 0.171 e. The Morgan fingerprint density at radius 3 is 2.42 bits per heavy atom. The second-order valence-corrected chi connectivity index (χ2v) is 6.55. The molecule has 0 aromatic heterocycles. The largest absolute Gasteiger partial charge is 0.356 e. The van der Waals surface area contributed by atoms with Gasteiger partial charge in [0.1, 0.15) is 11.9 Å². The highest BCUT2D eigenvalue weighted by atomic mass is 32.1. The fraction of sp³-hybridized carbons (Fsp3) is 0.316. The van der Waals surface area contributed by atoms with Crippen LogP contribution < -0.4 is 15.5 Å². The maximum absolute atomic E-state index is 13.7. The Morgan fingerprint density at radius 2 is 1.71 bits per heavy atom. The van der Waals surface area contributed by atoms with Crippen LogP contribution in [0, 0.1) is 5.82 Å². The molecule has 1 aliphatic heterocycles. The summed E-state index contributed by atoms with van der Waals surface area (Å²) in [6.07, 6.45) is 2.55. The summed E-state index contributed by atoms with van der Waals surface area (Å²) < 4.78 is 13.7. The predicted molar refractivity (Wildman–Crippen MR) is 99.7 cm³/mol. The zero-order chi connectivity index (χ0) is 16.8. The van der Waals surface area contributed by atoms with Crippen LogP contribution in [-0.2, 0) is 0 Å². The standard InChI is InChI=1S/C19H22FN3S/c20-16-10-4-5-11-17(16)22-19(24)21-14-18(23-12-6-7-13-23)15-8-2-1-3-9-15/h1-5,8-11,18H,6-7,12-14H2,(H2,21,22,24)/p+1/t18-/m0/s1. The number of anilines is 1. The average Bonchev–Trinajstić information content (AvgIpc) is 3.12. The van der Waals surface area contributed by atoms with Gasteiger partial charge in [-0.05, 0) is 24.4 Å². The van der Waals surface area contributed by atoms with E-state index in [1.54, 1.807) is 23.1 Å². The van der Waals surface area contributed by atoms with E-state index in [9.17, 15) is 4.39 Å². The molecule has 1 saturated heterocycles. The van der Waals surface area contributed by atoms with Crippen molar-refractivity contribution in [1.29, 1.82) is 0 Å². The summed E-state index contributed by atoms with van der Waals surface area (Å²) in [4.78, 5) is 1.59. The lowest BCUT2D eigenvalue weighted by Crippen LogP contribution is -3.11. The Morgan fingerprint density at radius 1 is 1.04 bits per heavy atom. The zero-order valence-electron chi connectivity index (χ0n) is 13.6. The highest BCUT2D eigenvalue weighted by Gasteiger charge is 2.27. The van der Waals surface area contributed by atoms with Crippen molar-refractivity contribution in [2.45, 2.75) is 18.9 Å². The molecule has 5 heteroatoms. The number of quaternary nitrogens is 1. The number of thiocarbonyl (C=S) groups is 1. The molecule has 2 aromatic carbocycles. The van der Waals surface area contributed by atoms with Gasteiger partial charge in [0.25, 0.3) is 0 Å². The molecule has 3 nitrogen and oxygen atoms in total. The van der Waals surface area contributed by atoms with Crippen molar-refractivity contribution >= 4 is 23.0 Å². The quantitative estimate of drug-likeness (QED) is 0.728. The number of nitrogens with one attached hydrogen (secondary N) is 3. The van der Waals surface area contributed by atoms with Crippen LogP contribution in [-0.4, -0.2) is 24.7 Å². The molecule has 3 N–H and O–H groups in total. The first-order valence-corrected chi connectivity index (χ1v) is 8.84. The molecule has 126 valence electrons. The van der Waals surface area contributed by atoms with E-state index >= 15 is 0 Å². The molecular weight excluding hydrogens is 321 g/mol. The lowest BCUT2D eigenvalue weighted by Gasteiger charge is -2.26. The van der Waals surface area contributed by atoms with E-state index in [0.29, 0.717) is 16.8 Å². The minimum Gasteiger partial charge on any atom is -0.356 e. The number of halogens is 1. The van der Waals surface area contributed by atoms with Gasteiger partial charge in [0.05, 0.1) is 25.3 Å². The van der Waals surface area contributed by atoms with E-state index in [2.05, 4.69) is 34.9 Å². The minimum absolute atomic E-state index is 0.300. The summed E-state index contributed by atoms with van der Waals surface area (Å²) in [5, 5.41) is 6.67. The molecule has 0 saturated carbocycles. The first kappa shape index (κ1) is 16.9. The molecule has 1 fully saturated rings. The van der Waals surface area contributed by atoms with Crippen molar-refractivity contribution in [2.75, 3.05) is 25.0 Å². The number of hydrogen-bond donors (Lipinski definition) is 3. The van der Waals surface area contributed by atoms with Crippen molar-refractivity contribution in [2.24, 2.45) is 0 Å². The number of hydrogen-bond acceptors (Lipinski definition) is 1. The van der Waals surface area contributed by atoms with E-state index in [4.69, 9.17) is 12.2 Å². The molecule has 0 bridgehead atoms. The molecule has 1 atom stereocenters. The molecule has 24 heavy (non-hydrogen) atoms. The first-order valence-electron chi connectivity index (χ1n) is 8.43. The molecule has 0 amide bonds. The van der Waals surface area contributed by atoms with Crippen LogP contribution in [0.25, 0.3) is 0 Å². The summed E-state index contributed by atoms with van der Waals surface area (Å²) in [5.74, 6) is -0.300. The average molecular weight is 344 g/mol. The number of benzene rings is 2. The Balaban J connectivity index is 1.63. The first-order chi connectivity index (χ1) is 11.7. The third-order valence-electron chi connectivity index (χ3n) is 4.53. The van der Waals surface area contributed by atoms with Crippen molar-refractivity contribution in [1.82, 2.24) is 5.32 Å². The molecule has 2 aromatic rings. The van der Waals surface area contributed by atoms with E-state index < -0.39 is 0 Å². The van der Waals surface area contributed by atoms with Crippen molar-refractivity contribution in [3.05, 3.63) is 66.0 Å². The number of rotatable bonds is 5. The molecule has 0 unspecified atom stereocenters. The van der Waals surface area contributed by atoms with Gasteiger partial charge in [-0.25, -0.2) is 4.39 Å². The third kappa shape index (κ3) is 4.30. The van der Waals surface area contributed by atoms with Gasteiger partial charge in [0, 0.05) is 18.4 Å². The van der Waals surface area contributed by atoms with Crippen LogP contribution in [0.5, 0.6) is 0 Å². The van der Waals surface area contributed by atoms with Gasteiger partial charge in [-0.3, -0.25) is 0 Å². The van der Waals surface area contributed by atoms with Gasteiger partial charge in [0.2, 0.25) is 0 Å². The topological polar surface area (TPSA) is 28.5 Å². The highest BCUT2D eigenvalue weighted by Crippen LogP contribution is 2.13. The molecular formula is C19H23FN3S+. The van der Waals surface area contributed by atoms with Gasteiger partial charge in [0.15, 0.2) is 5.11 Å². The number of likely N-dealkylation sites (tertiary alicyclic amines) is 1. The zero-order valence-corrected chi connectivity index (χ0v) is 14.4. The van der Waals surface area contributed by atoms with E-state index in [0.717, 1.165) is 6.54 Å². The second-order valence-electron chi connectivity index (χ2n) is 6.14. The summed E-state index contributed by atoms with van der Waals surface area (Å²) in [6, 6.07) is 17.5. The van der Waals surface area contributed by atoms with E-state index in [-0.39, 0.29) is 5.82 Å². The van der Waals surface area contributed by atoms with E-state index in [1.807, 2.05) is 6.07 Å². The Labute approximate surface area is 147 Å². The SMILES string of the molecule is Fc1ccccc1NC(=S)NC[C@@H](c1ccccc1)[NH+]1CCCC1. The van der Waals surface area contributed by atoms with Gasteiger partial charge >= 0.3 is 0 Å². The lowest BCUT2D eigenvalue weighted by molar-refractivity contribution is -0.918. The molecule has 0 spiro atoms. The summed E-state index contributed by atoms with van der Waals surface area (Å²) in [6.45, 7) is 3.11. The van der Waals surface area contributed by atoms with Gasteiger partial charge in [-0.2, -0.15) is 0 Å². The number of para-hydroxylation sites is 1. The van der Waals surface area contributed by atoms with Crippen molar-refractivity contribution in [3.63, 3.8) is 0 Å². The summed E-state index contributed by atoms with van der Waals surface area (Å²) >= 11 is 5.34. The van der Waals surface area contributed by atoms with Crippen molar-refractivity contribution < 1.29 is 9.29 Å². The maximum atomic E-state index is 13.7. The Bertz CT molecular complexity index is 671. The third-order valence-corrected chi connectivity index (χ3v) is 4.78. The fourth-order valence-electron chi connectivity index (χ4n) is 3.28. The highest BCUT2D eigenvalue weighted by molar-refractivity contribution is 7.80. The van der Waals surface area contributed by atoms with E-state index in [1.165, 1.54) is 37.6 Å². The smallest absolute Gasteiger partial charge is 0.171 e. The molecule has 0 radical (unpaired) electrons. The van der Waals surface area contributed by atoms with Crippen LogP contribution >= 0.6 is 12.2 Å². The lowest BCUT2D eigenvalue weighted by atomic mass is 10.1. The molecule has 3 rings (SSSR count). The monoisotopic (exact) mass is 344 g/mol. The summed E-state index contributed by atoms with van der Waals surface area (Å²) in [5.41, 5.74) is 1.72. The van der Waals surface area contributed by atoms with Gasteiger partial charge in [-0.15, -0.1) is 0 Å². The van der Waals surface area contributed by atoms with Crippen LogP contribution in [0.2, 0.25) is 0 Å².